The molecule has 4 rings (SSSR count). The highest BCUT2D eigenvalue weighted by atomic mass is 16.5. The molecule has 29 heavy (non-hydrogen) atoms. The molecule has 4 atom stereocenters. The third kappa shape index (κ3) is 4.16. The second-order valence-corrected chi connectivity index (χ2v) is 8.52. The lowest BCUT2D eigenvalue weighted by atomic mass is 9.82. The lowest BCUT2D eigenvalue weighted by Crippen LogP contribution is -2.46. The van der Waals surface area contributed by atoms with E-state index in [9.17, 15) is 4.79 Å². The minimum Gasteiger partial charge on any atom is -0.378 e. The molecule has 0 aromatic carbocycles. The molecular formula is C22H32N4O3. The van der Waals surface area contributed by atoms with E-state index in [1.54, 1.807) is 13.4 Å². The largest absolute Gasteiger partial charge is 0.378 e. The van der Waals surface area contributed by atoms with E-state index in [1.807, 2.05) is 17.4 Å². The summed E-state index contributed by atoms with van der Waals surface area (Å²) in [5, 5.41) is 3.29. The Morgan fingerprint density at radius 3 is 2.76 bits per heavy atom. The number of hydrogen-bond donors (Lipinski definition) is 1. The van der Waals surface area contributed by atoms with Crippen LogP contribution in [0.4, 0.5) is 0 Å². The first-order valence-corrected chi connectivity index (χ1v) is 10.9. The predicted molar refractivity (Wildman–Crippen MR) is 110 cm³/mol. The van der Waals surface area contributed by atoms with E-state index in [1.165, 1.54) is 12.8 Å². The molecule has 7 heteroatoms. The van der Waals surface area contributed by atoms with Gasteiger partial charge in [-0.05, 0) is 56.9 Å². The fourth-order valence-electron chi connectivity index (χ4n) is 5.05. The Kier molecular flexibility index (Phi) is 6.15. The quantitative estimate of drug-likeness (QED) is 0.688. The molecule has 2 aromatic heterocycles. The maximum absolute atomic E-state index is 13.1. The van der Waals surface area contributed by atoms with Gasteiger partial charge in [-0.15, -0.1) is 0 Å². The number of imidazole rings is 1. The van der Waals surface area contributed by atoms with E-state index in [0.717, 1.165) is 43.7 Å². The van der Waals surface area contributed by atoms with Crippen molar-refractivity contribution in [3.05, 3.63) is 29.5 Å². The van der Waals surface area contributed by atoms with Crippen molar-refractivity contribution in [2.75, 3.05) is 13.7 Å². The molecule has 7 nitrogen and oxygen atoms in total. The van der Waals surface area contributed by atoms with Gasteiger partial charge in [-0.2, -0.15) is 0 Å². The number of hydrogen-bond acceptors (Lipinski definition) is 5. The molecule has 2 aliphatic carbocycles. The Morgan fingerprint density at radius 2 is 2.07 bits per heavy atom. The van der Waals surface area contributed by atoms with E-state index >= 15 is 0 Å². The summed E-state index contributed by atoms with van der Waals surface area (Å²) in [5.74, 6) is 0.870. The fraction of sp³-hybridized carbons (Fsp3) is 0.682. The van der Waals surface area contributed by atoms with Crippen LogP contribution in [0, 0.1) is 18.8 Å². The summed E-state index contributed by atoms with van der Waals surface area (Å²) in [5.41, 5.74) is 2.78. The van der Waals surface area contributed by atoms with Gasteiger partial charge in [0.2, 0.25) is 0 Å². The first-order chi connectivity index (χ1) is 14.1. The van der Waals surface area contributed by atoms with E-state index < -0.39 is 0 Å². The van der Waals surface area contributed by atoms with Crippen molar-refractivity contribution < 1.29 is 14.3 Å². The third-order valence-corrected chi connectivity index (χ3v) is 6.42. The van der Waals surface area contributed by atoms with Crippen LogP contribution in [0.3, 0.4) is 0 Å². The molecule has 1 amide bonds. The first-order valence-electron chi connectivity index (χ1n) is 10.9. The summed E-state index contributed by atoms with van der Waals surface area (Å²) in [6.45, 7) is 5.41. The van der Waals surface area contributed by atoms with Gasteiger partial charge in [0, 0.05) is 25.5 Å². The van der Waals surface area contributed by atoms with Crippen molar-refractivity contribution in [1.82, 2.24) is 19.7 Å². The van der Waals surface area contributed by atoms with Crippen molar-refractivity contribution in [2.24, 2.45) is 11.8 Å². The summed E-state index contributed by atoms with van der Waals surface area (Å²) in [6, 6.07) is 2.17. The van der Waals surface area contributed by atoms with Gasteiger partial charge in [0.15, 0.2) is 11.3 Å². The van der Waals surface area contributed by atoms with Gasteiger partial charge in [-0.1, -0.05) is 13.3 Å². The van der Waals surface area contributed by atoms with Crippen LogP contribution < -0.4 is 5.32 Å². The second kappa shape index (κ2) is 8.79. The zero-order valence-corrected chi connectivity index (χ0v) is 17.7. The molecule has 2 saturated carbocycles. The van der Waals surface area contributed by atoms with E-state index in [0.29, 0.717) is 35.9 Å². The SMILES string of the molecule is CCCCOC1CC2CC[C@@H](C1)C2NC(=O)c1ncn2c(COC)cc(C)nc12. The van der Waals surface area contributed by atoms with Crippen molar-refractivity contribution in [3.8, 4) is 0 Å². The third-order valence-electron chi connectivity index (χ3n) is 6.42. The number of unbranched alkanes of at least 4 members (excludes halogenated alkanes) is 1. The Labute approximate surface area is 172 Å². The maximum Gasteiger partial charge on any atom is 0.274 e. The lowest BCUT2D eigenvalue weighted by molar-refractivity contribution is -0.00121. The summed E-state index contributed by atoms with van der Waals surface area (Å²) < 4.78 is 13.2. The smallest absolute Gasteiger partial charge is 0.274 e. The molecule has 0 spiro atoms. The average molecular weight is 401 g/mol. The molecule has 2 aliphatic rings. The minimum absolute atomic E-state index is 0.124. The van der Waals surface area contributed by atoms with Gasteiger partial charge in [-0.25, -0.2) is 9.97 Å². The summed E-state index contributed by atoms with van der Waals surface area (Å²) in [7, 11) is 1.66. The molecule has 2 aromatic rings. The molecular weight excluding hydrogens is 368 g/mol. The molecule has 0 aliphatic heterocycles. The number of carbonyl (C=O) groups is 1. The van der Waals surface area contributed by atoms with E-state index in [2.05, 4.69) is 22.2 Å². The van der Waals surface area contributed by atoms with Crippen LogP contribution in [-0.2, 0) is 16.1 Å². The van der Waals surface area contributed by atoms with Crippen LogP contribution in [-0.4, -0.2) is 46.1 Å². The number of fused-ring (bicyclic) bond motifs is 3. The number of nitrogens with one attached hydrogen (secondary N) is 1. The topological polar surface area (TPSA) is 77.8 Å². The molecule has 1 N–H and O–H groups in total. The van der Waals surface area contributed by atoms with Gasteiger partial charge in [0.25, 0.3) is 5.91 Å². The molecule has 158 valence electrons. The van der Waals surface area contributed by atoms with Gasteiger partial charge < -0.3 is 14.8 Å². The number of rotatable bonds is 8. The van der Waals surface area contributed by atoms with Crippen LogP contribution in [0.5, 0.6) is 0 Å². The maximum atomic E-state index is 13.1. The van der Waals surface area contributed by atoms with Crippen molar-refractivity contribution >= 4 is 11.6 Å². The number of nitrogens with zero attached hydrogens (tertiary/aromatic N) is 3. The number of aromatic nitrogens is 3. The standard InChI is InChI=1S/C22H32N4O3/c1-4-5-8-29-18-10-15-6-7-16(11-18)19(15)25-22(27)20-21-24-14(2)9-17(12-28-3)26(21)13-23-20/h9,13,15-16,18-19H,4-8,10-12H2,1-3H3,(H,25,27)/t15-,16?,18?,19?/m0/s1. The zero-order valence-electron chi connectivity index (χ0n) is 17.7. The molecule has 0 radical (unpaired) electrons. The van der Waals surface area contributed by atoms with Crippen LogP contribution >= 0.6 is 0 Å². The number of aryl methyl sites for hydroxylation is 1. The number of amides is 1. The highest BCUT2D eigenvalue weighted by molar-refractivity contribution is 5.98. The van der Waals surface area contributed by atoms with Gasteiger partial charge in [0.05, 0.1) is 18.4 Å². The van der Waals surface area contributed by atoms with Crippen molar-refractivity contribution in [1.29, 1.82) is 0 Å². The Balaban J connectivity index is 1.47. The first kappa shape index (κ1) is 20.3. The normalized spacial score (nSPS) is 26.2. The van der Waals surface area contributed by atoms with Crippen LogP contribution in [0.2, 0.25) is 0 Å². The monoisotopic (exact) mass is 400 g/mol. The fourth-order valence-corrected chi connectivity index (χ4v) is 5.05. The Hall–Kier alpha value is -1.99. The molecule has 2 heterocycles. The molecule has 3 unspecified atom stereocenters. The lowest BCUT2D eigenvalue weighted by Gasteiger charge is -2.35. The van der Waals surface area contributed by atoms with Gasteiger partial charge in [0.1, 0.15) is 6.33 Å². The van der Waals surface area contributed by atoms with Gasteiger partial charge in [-0.3, -0.25) is 9.20 Å². The van der Waals surface area contributed by atoms with Crippen molar-refractivity contribution in [2.45, 2.75) is 71.1 Å². The number of ether oxygens (including phenoxy) is 2. The van der Waals surface area contributed by atoms with Crippen LogP contribution in [0.15, 0.2) is 12.4 Å². The molecule has 2 bridgehead atoms. The molecule has 0 saturated heterocycles. The summed E-state index contributed by atoms with van der Waals surface area (Å²) in [6.07, 6.45) is 8.73. The second-order valence-electron chi connectivity index (χ2n) is 8.52. The van der Waals surface area contributed by atoms with Crippen LogP contribution in [0.25, 0.3) is 5.65 Å². The van der Waals surface area contributed by atoms with E-state index in [4.69, 9.17) is 9.47 Å². The Bertz CT molecular complexity index is 851. The van der Waals surface area contributed by atoms with Gasteiger partial charge >= 0.3 is 0 Å². The zero-order chi connectivity index (χ0) is 20.4. The Morgan fingerprint density at radius 1 is 1.31 bits per heavy atom. The van der Waals surface area contributed by atoms with Crippen LogP contribution in [0.1, 0.15) is 67.3 Å². The summed E-state index contributed by atoms with van der Waals surface area (Å²) >= 11 is 0. The minimum atomic E-state index is -0.124. The highest BCUT2D eigenvalue weighted by Gasteiger charge is 2.44. The van der Waals surface area contributed by atoms with Crippen molar-refractivity contribution in [3.63, 3.8) is 0 Å². The number of carbonyl (C=O) groups excluding carboxylic acids is 1. The number of methoxy groups -OCH3 is 1. The predicted octanol–water partition coefficient (Wildman–Crippen LogP) is 3.29. The highest BCUT2D eigenvalue weighted by Crippen LogP contribution is 2.43. The average Bonchev–Trinajstić information content (AvgIpc) is 3.20. The van der Waals surface area contributed by atoms with E-state index in [-0.39, 0.29) is 11.9 Å². The molecule has 2 fully saturated rings. The summed E-state index contributed by atoms with van der Waals surface area (Å²) in [4.78, 5) is 22.0.